The number of carbonyl (C=O) groups excluding carboxylic acids is 2. The maximum atomic E-state index is 12.0. The van der Waals surface area contributed by atoms with E-state index in [1.807, 2.05) is 30.3 Å². The van der Waals surface area contributed by atoms with E-state index >= 15 is 0 Å². The molecule has 22 heavy (non-hydrogen) atoms. The molecule has 1 rings (SSSR count). The van der Waals surface area contributed by atoms with Crippen molar-refractivity contribution in [2.24, 2.45) is 0 Å². The molecule has 0 saturated heterocycles. The minimum atomic E-state index is -0.530. The molecule has 5 heteroatoms. The standard InChI is InChI=1S/C17H27N3O2/c1-4-20(5-2)13-9-12-18-16(21)17(22)19(3)14-15-10-7-6-8-11-15/h6-8,10-11H,4-5,9,12-14H2,1-3H3,(H,18,21). The SMILES string of the molecule is CCN(CC)CCCNC(=O)C(=O)N(C)Cc1ccccc1. The van der Waals surface area contributed by atoms with Crippen LogP contribution < -0.4 is 5.32 Å². The van der Waals surface area contributed by atoms with Gasteiger partial charge in [-0.25, -0.2) is 0 Å². The molecule has 0 spiro atoms. The molecule has 0 aromatic heterocycles. The van der Waals surface area contributed by atoms with E-state index in [0.717, 1.165) is 31.6 Å². The van der Waals surface area contributed by atoms with Crippen LogP contribution in [0.3, 0.4) is 0 Å². The molecule has 122 valence electrons. The van der Waals surface area contributed by atoms with Gasteiger partial charge in [0.25, 0.3) is 0 Å². The zero-order valence-electron chi connectivity index (χ0n) is 13.8. The summed E-state index contributed by atoms with van der Waals surface area (Å²) in [4.78, 5) is 27.6. The number of rotatable bonds is 8. The van der Waals surface area contributed by atoms with Gasteiger partial charge >= 0.3 is 11.8 Å². The second-order valence-corrected chi connectivity index (χ2v) is 5.28. The summed E-state index contributed by atoms with van der Waals surface area (Å²) in [5.74, 6) is -1.02. The van der Waals surface area contributed by atoms with Gasteiger partial charge in [0.05, 0.1) is 0 Å². The van der Waals surface area contributed by atoms with Crippen LogP contribution in [0, 0.1) is 0 Å². The van der Waals surface area contributed by atoms with Gasteiger partial charge in [-0.1, -0.05) is 44.2 Å². The molecule has 0 aliphatic rings. The molecule has 5 nitrogen and oxygen atoms in total. The van der Waals surface area contributed by atoms with Crippen molar-refractivity contribution in [2.75, 3.05) is 33.2 Å². The third kappa shape index (κ3) is 6.26. The summed E-state index contributed by atoms with van der Waals surface area (Å²) in [7, 11) is 1.64. The summed E-state index contributed by atoms with van der Waals surface area (Å²) in [5.41, 5.74) is 1.01. The van der Waals surface area contributed by atoms with Crippen LogP contribution in [0.2, 0.25) is 0 Å². The van der Waals surface area contributed by atoms with Crippen molar-refractivity contribution in [1.29, 1.82) is 0 Å². The number of benzene rings is 1. The molecular formula is C17H27N3O2. The van der Waals surface area contributed by atoms with Crippen LogP contribution in [-0.2, 0) is 16.1 Å². The second-order valence-electron chi connectivity index (χ2n) is 5.28. The monoisotopic (exact) mass is 305 g/mol. The van der Waals surface area contributed by atoms with E-state index in [2.05, 4.69) is 24.1 Å². The number of nitrogens with zero attached hydrogens (tertiary/aromatic N) is 2. The van der Waals surface area contributed by atoms with Gasteiger partial charge in [0.1, 0.15) is 0 Å². The Bertz CT molecular complexity index is 458. The highest BCUT2D eigenvalue weighted by molar-refractivity contribution is 6.34. The van der Waals surface area contributed by atoms with Crippen LogP contribution in [0.1, 0.15) is 25.8 Å². The highest BCUT2D eigenvalue weighted by Gasteiger charge is 2.18. The average molecular weight is 305 g/mol. The maximum Gasteiger partial charge on any atom is 0.311 e. The number of nitrogens with one attached hydrogen (secondary N) is 1. The second kappa shape index (κ2) is 9.95. The van der Waals surface area contributed by atoms with Crippen molar-refractivity contribution in [3.8, 4) is 0 Å². The van der Waals surface area contributed by atoms with Crippen molar-refractivity contribution in [1.82, 2.24) is 15.1 Å². The van der Waals surface area contributed by atoms with E-state index in [9.17, 15) is 9.59 Å². The quantitative estimate of drug-likeness (QED) is 0.585. The van der Waals surface area contributed by atoms with Crippen molar-refractivity contribution >= 4 is 11.8 Å². The number of hydrogen-bond acceptors (Lipinski definition) is 3. The molecule has 1 N–H and O–H groups in total. The third-order valence-corrected chi connectivity index (χ3v) is 3.63. The third-order valence-electron chi connectivity index (χ3n) is 3.63. The molecule has 1 aromatic carbocycles. The summed E-state index contributed by atoms with van der Waals surface area (Å²) in [6.07, 6.45) is 0.850. The Kier molecular flexibility index (Phi) is 8.22. The minimum absolute atomic E-state index is 0.437. The topological polar surface area (TPSA) is 52.7 Å². The van der Waals surface area contributed by atoms with Crippen LogP contribution in [0.15, 0.2) is 30.3 Å². The molecule has 0 atom stereocenters. The van der Waals surface area contributed by atoms with Crippen LogP contribution in [-0.4, -0.2) is 54.8 Å². The number of carbonyl (C=O) groups is 2. The first kappa shape index (κ1) is 18.2. The Labute approximate surface area is 133 Å². The highest BCUT2D eigenvalue weighted by Crippen LogP contribution is 2.02. The van der Waals surface area contributed by atoms with Crippen LogP contribution >= 0.6 is 0 Å². The molecular weight excluding hydrogens is 278 g/mol. The Hall–Kier alpha value is -1.88. The van der Waals surface area contributed by atoms with Gasteiger partial charge in [-0.2, -0.15) is 0 Å². The molecule has 0 unspecified atom stereocenters. The molecule has 1 aromatic rings. The van der Waals surface area contributed by atoms with Gasteiger partial charge in [-0.15, -0.1) is 0 Å². The van der Waals surface area contributed by atoms with Crippen LogP contribution in [0.4, 0.5) is 0 Å². The normalized spacial score (nSPS) is 10.5. The van der Waals surface area contributed by atoms with Crippen molar-refractivity contribution in [2.45, 2.75) is 26.8 Å². The first-order valence-electron chi connectivity index (χ1n) is 7.88. The Morgan fingerprint density at radius 1 is 1.09 bits per heavy atom. The Morgan fingerprint density at radius 2 is 1.73 bits per heavy atom. The molecule has 0 radical (unpaired) electrons. The van der Waals surface area contributed by atoms with E-state index in [4.69, 9.17) is 0 Å². The van der Waals surface area contributed by atoms with Crippen molar-refractivity contribution in [3.63, 3.8) is 0 Å². The molecule has 0 aliphatic heterocycles. The van der Waals surface area contributed by atoms with E-state index in [1.54, 1.807) is 7.05 Å². The van der Waals surface area contributed by atoms with Gasteiger partial charge < -0.3 is 15.1 Å². The largest absolute Gasteiger partial charge is 0.348 e. The zero-order chi connectivity index (χ0) is 16.4. The molecule has 0 saturated carbocycles. The minimum Gasteiger partial charge on any atom is -0.348 e. The number of amides is 2. The van der Waals surface area contributed by atoms with Gasteiger partial charge in [0, 0.05) is 20.1 Å². The summed E-state index contributed by atoms with van der Waals surface area (Å²) < 4.78 is 0. The Balaban J connectivity index is 2.31. The average Bonchev–Trinajstić information content (AvgIpc) is 2.55. The lowest BCUT2D eigenvalue weighted by Gasteiger charge is -2.19. The van der Waals surface area contributed by atoms with Gasteiger partial charge in [0.15, 0.2) is 0 Å². The zero-order valence-corrected chi connectivity index (χ0v) is 13.8. The van der Waals surface area contributed by atoms with E-state index in [0.29, 0.717) is 13.1 Å². The lowest BCUT2D eigenvalue weighted by molar-refractivity contribution is -0.145. The lowest BCUT2D eigenvalue weighted by atomic mass is 10.2. The van der Waals surface area contributed by atoms with Crippen molar-refractivity contribution in [3.05, 3.63) is 35.9 Å². The fourth-order valence-corrected chi connectivity index (χ4v) is 2.22. The number of likely N-dealkylation sites (N-methyl/N-ethyl adjacent to an activating group) is 1. The van der Waals surface area contributed by atoms with E-state index in [1.165, 1.54) is 4.90 Å². The highest BCUT2D eigenvalue weighted by atomic mass is 16.2. The lowest BCUT2D eigenvalue weighted by Crippen LogP contribution is -2.41. The fraction of sp³-hybridized carbons (Fsp3) is 0.529. The van der Waals surface area contributed by atoms with Gasteiger partial charge in [0.2, 0.25) is 0 Å². The smallest absolute Gasteiger partial charge is 0.311 e. The molecule has 0 aliphatic carbocycles. The van der Waals surface area contributed by atoms with Gasteiger partial charge in [-0.3, -0.25) is 9.59 Å². The first-order valence-corrected chi connectivity index (χ1v) is 7.88. The molecule has 0 heterocycles. The van der Waals surface area contributed by atoms with Crippen LogP contribution in [0.25, 0.3) is 0 Å². The molecule has 2 amide bonds. The van der Waals surface area contributed by atoms with E-state index in [-0.39, 0.29) is 0 Å². The van der Waals surface area contributed by atoms with Gasteiger partial charge in [-0.05, 0) is 31.6 Å². The Morgan fingerprint density at radius 3 is 2.32 bits per heavy atom. The molecule has 0 fully saturated rings. The summed E-state index contributed by atoms with van der Waals surface area (Å²) in [6, 6.07) is 9.63. The summed E-state index contributed by atoms with van der Waals surface area (Å²) in [5, 5.41) is 2.70. The van der Waals surface area contributed by atoms with Crippen molar-refractivity contribution < 1.29 is 9.59 Å². The first-order chi connectivity index (χ1) is 10.6. The molecule has 0 bridgehead atoms. The maximum absolute atomic E-state index is 12.0. The predicted octanol–water partition coefficient (Wildman–Crippen LogP) is 1.49. The van der Waals surface area contributed by atoms with Crippen LogP contribution in [0.5, 0.6) is 0 Å². The summed E-state index contributed by atoms with van der Waals surface area (Å²) in [6.45, 7) is 8.13. The van der Waals surface area contributed by atoms with E-state index < -0.39 is 11.8 Å². The number of hydrogen-bond donors (Lipinski definition) is 1. The fourth-order valence-electron chi connectivity index (χ4n) is 2.22. The predicted molar refractivity (Wildman–Crippen MR) is 88.3 cm³/mol. The summed E-state index contributed by atoms with van der Waals surface area (Å²) >= 11 is 0.